The van der Waals surface area contributed by atoms with E-state index in [1.807, 2.05) is 13.8 Å². The second-order valence-corrected chi connectivity index (χ2v) is 2.54. The number of amidine groups is 1. The molecule has 0 saturated heterocycles. The Labute approximate surface area is 66.8 Å². The normalized spacial score (nSPS) is 15.0. The minimum Gasteiger partial charge on any atom is -0.374 e. The van der Waals surface area contributed by atoms with Gasteiger partial charge in [0.05, 0.1) is 0 Å². The maximum Gasteiger partial charge on any atom is 0.193 e. The van der Waals surface area contributed by atoms with E-state index in [-0.39, 0.29) is 5.29 Å². The van der Waals surface area contributed by atoms with Gasteiger partial charge in [0, 0.05) is 5.70 Å². The zero-order valence-electron chi connectivity index (χ0n) is 6.61. The zero-order valence-corrected chi connectivity index (χ0v) is 7.37. The third-order valence-electron chi connectivity index (χ3n) is 1.42. The molecule has 0 aliphatic rings. The van der Waals surface area contributed by atoms with E-state index in [9.17, 15) is 0 Å². The quantitative estimate of drug-likeness (QED) is 0.376. The molecule has 0 spiro atoms. The molecular formula is C7H13ClN2. The number of rotatable bonds is 2. The SMILES string of the molecule is CC/C(C)=C(/C)N=C(N)Cl. The molecule has 0 atom stereocenters. The first kappa shape index (κ1) is 9.50. The van der Waals surface area contributed by atoms with Crippen molar-refractivity contribution in [2.45, 2.75) is 27.2 Å². The van der Waals surface area contributed by atoms with Gasteiger partial charge in [0.1, 0.15) is 0 Å². The van der Waals surface area contributed by atoms with Crippen molar-refractivity contribution < 1.29 is 0 Å². The van der Waals surface area contributed by atoms with Gasteiger partial charge in [-0.25, -0.2) is 4.99 Å². The molecule has 0 aliphatic carbocycles. The smallest absolute Gasteiger partial charge is 0.193 e. The Bertz CT molecular complexity index is 166. The van der Waals surface area contributed by atoms with Gasteiger partial charge in [0.2, 0.25) is 0 Å². The Morgan fingerprint density at radius 1 is 1.50 bits per heavy atom. The van der Waals surface area contributed by atoms with E-state index in [0.29, 0.717) is 0 Å². The van der Waals surface area contributed by atoms with Gasteiger partial charge >= 0.3 is 0 Å². The van der Waals surface area contributed by atoms with Crippen LogP contribution in [-0.4, -0.2) is 5.29 Å². The highest BCUT2D eigenvalue weighted by Gasteiger charge is 1.91. The van der Waals surface area contributed by atoms with Crippen molar-refractivity contribution in [2.75, 3.05) is 0 Å². The second kappa shape index (κ2) is 4.34. The third-order valence-corrected chi connectivity index (χ3v) is 1.51. The van der Waals surface area contributed by atoms with Crippen LogP contribution in [0.2, 0.25) is 0 Å². The van der Waals surface area contributed by atoms with E-state index in [4.69, 9.17) is 17.3 Å². The van der Waals surface area contributed by atoms with Crippen molar-refractivity contribution in [3.8, 4) is 0 Å². The fourth-order valence-corrected chi connectivity index (χ4v) is 0.638. The molecule has 0 heterocycles. The van der Waals surface area contributed by atoms with Crippen LogP contribution in [0.15, 0.2) is 16.3 Å². The van der Waals surface area contributed by atoms with Crippen LogP contribution in [0.1, 0.15) is 27.2 Å². The Hall–Kier alpha value is -0.500. The molecule has 0 aromatic rings. The summed E-state index contributed by atoms with van der Waals surface area (Å²) in [6.45, 7) is 5.98. The highest BCUT2D eigenvalue weighted by Crippen LogP contribution is 2.07. The highest BCUT2D eigenvalue weighted by atomic mass is 35.5. The first-order valence-corrected chi connectivity index (χ1v) is 3.61. The lowest BCUT2D eigenvalue weighted by Gasteiger charge is -1.97. The first-order chi connectivity index (χ1) is 4.57. The van der Waals surface area contributed by atoms with Crippen LogP contribution in [0.3, 0.4) is 0 Å². The summed E-state index contributed by atoms with van der Waals surface area (Å²) in [5.74, 6) is 0. The fraction of sp³-hybridized carbons (Fsp3) is 0.571. The van der Waals surface area contributed by atoms with Crippen LogP contribution in [0.4, 0.5) is 0 Å². The molecule has 0 radical (unpaired) electrons. The number of halogens is 1. The molecule has 0 aliphatic heterocycles. The van der Waals surface area contributed by atoms with Gasteiger partial charge < -0.3 is 5.73 Å². The lowest BCUT2D eigenvalue weighted by molar-refractivity contribution is 1.04. The molecule has 58 valence electrons. The van der Waals surface area contributed by atoms with Gasteiger partial charge in [-0.1, -0.05) is 12.5 Å². The summed E-state index contributed by atoms with van der Waals surface area (Å²) in [5, 5.41) is 0.102. The molecule has 2 nitrogen and oxygen atoms in total. The van der Waals surface area contributed by atoms with E-state index in [1.165, 1.54) is 5.57 Å². The van der Waals surface area contributed by atoms with Gasteiger partial charge in [0.25, 0.3) is 0 Å². The molecule has 3 heteroatoms. The number of aliphatic imine (C=N–C) groups is 1. The predicted molar refractivity (Wildman–Crippen MR) is 46.1 cm³/mol. The van der Waals surface area contributed by atoms with Crippen LogP contribution < -0.4 is 5.73 Å². The van der Waals surface area contributed by atoms with E-state index in [2.05, 4.69) is 11.9 Å². The van der Waals surface area contributed by atoms with Crippen LogP contribution in [0.25, 0.3) is 0 Å². The van der Waals surface area contributed by atoms with Gasteiger partial charge in [0.15, 0.2) is 5.29 Å². The number of nitrogens with zero attached hydrogens (tertiary/aromatic N) is 1. The molecule has 0 fully saturated rings. The van der Waals surface area contributed by atoms with Gasteiger partial charge in [-0.15, -0.1) is 0 Å². The molecule has 0 saturated carbocycles. The molecule has 0 aromatic carbocycles. The monoisotopic (exact) mass is 160 g/mol. The maximum absolute atomic E-state index is 5.37. The largest absolute Gasteiger partial charge is 0.374 e. The molecule has 0 rings (SSSR count). The third kappa shape index (κ3) is 3.51. The summed E-state index contributed by atoms with van der Waals surface area (Å²) in [4.78, 5) is 3.89. The standard InChI is InChI=1S/C7H13ClN2/c1-4-5(2)6(3)10-7(8)9/h4H2,1-3H3,(H2,9,10)/b6-5-. The predicted octanol–water partition coefficient (Wildman–Crippen LogP) is 2.24. The number of hydrogen-bond donors (Lipinski definition) is 1. The molecular weight excluding hydrogens is 148 g/mol. The van der Waals surface area contributed by atoms with Crippen LogP contribution in [-0.2, 0) is 0 Å². The molecule has 0 amide bonds. The topological polar surface area (TPSA) is 38.4 Å². The van der Waals surface area contributed by atoms with Crippen molar-refractivity contribution in [1.82, 2.24) is 0 Å². The van der Waals surface area contributed by atoms with Crippen molar-refractivity contribution in [1.29, 1.82) is 0 Å². The van der Waals surface area contributed by atoms with E-state index < -0.39 is 0 Å². The number of nitrogens with two attached hydrogens (primary N) is 1. The Kier molecular flexibility index (Phi) is 4.12. The van der Waals surface area contributed by atoms with Crippen LogP contribution >= 0.6 is 11.6 Å². The van der Waals surface area contributed by atoms with Crippen molar-refractivity contribution in [2.24, 2.45) is 10.7 Å². The Balaban J connectivity index is 4.33. The van der Waals surface area contributed by atoms with Crippen molar-refractivity contribution in [3.05, 3.63) is 11.3 Å². The van der Waals surface area contributed by atoms with Gasteiger partial charge in [-0.3, -0.25) is 0 Å². The van der Waals surface area contributed by atoms with Crippen molar-refractivity contribution >= 4 is 16.9 Å². The maximum atomic E-state index is 5.37. The lowest BCUT2D eigenvalue weighted by Crippen LogP contribution is -2.01. The van der Waals surface area contributed by atoms with Crippen molar-refractivity contribution in [3.63, 3.8) is 0 Å². The molecule has 10 heavy (non-hydrogen) atoms. The lowest BCUT2D eigenvalue weighted by atomic mass is 10.2. The number of allylic oxidation sites excluding steroid dienone is 2. The fourth-order valence-electron chi connectivity index (χ4n) is 0.511. The van der Waals surface area contributed by atoms with E-state index in [1.54, 1.807) is 0 Å². The Morgan fingerprint density at radius 3 is 2.30 bits per heavy atom. The van der Waals surface area contributed by atoms with E-state index >= 15 is 0 Å². The zero-order chi connectivity index (χ0) is 8.15. The first-order valence-electron chi connectivity index (χ1n) is 3.24. The minimum atomic E-state index is 0.102. The van der Waals surface area contributed by atoms with Crippen LogP contribution in [0.5, 0.6) is 0 Å². The molecule has 0 unspecified atom stereocenters. The average molecular weight is 161 g/mol. The van der Waals surface area contributed by atoms with Crippen LogP contribution in [0, 0.1) is 0 Å². The minimum absolute atomic E-state index is 0.102. The number of hydrogen-bond acceptors (Lipinski definition) is 1. The molecule has 2 N–H and O–H groups in total. The summed E-state index contributed by atoms with van der Waals surface area (Å²) in [5.41, 5.74) is 7.29. The summed E-state index contributed by atoms with van der Waals surface area (Å²) in [6.07, 6.45) is 0.986. The average Bonchev–Trinajstić information content (AvgIpc) is 1.85. The molecule has 0 aromatic heterocycles. The summed E-state index contributed by atoms with van der Waals surface area (Å²) < 4.78 is 0. The van der Waals surface area contributed by atoms with Gasteiger partial charge in [-0.2, -0.15) is 0 Å². The van der Waals surface area contributed by atoms with E-state index in [0.717, 1.165) is 12.1 Å². The van der Waals surface area contributed by atoms with Gasteiger partial charge in [-0.05, 0) is 31.9 Å². The summed E-state index contributed by atoms with van der Waals surface area (Å²) in [7, 11) is 0. The summed E-state index contributed by atoms with van der Waals surface area (Å²) in [6, 6.07) is 0. The second-order valence-electron chi connectivity index (χ2n) is 2.15. The molecule has 0 bridgehead atoms. The Morgan fingerprint density at radius 2 is 2.00 bits per heavy atom. The summed E-state index contributed by atoms with van der Waals surface area (Å²) >= 11 is 5.37. The highest BCUT2D eigenvalue weighted by molar-refractivity contribution is 6.64.